The number of nitrogens with one attached hydrogen (secondary N) is 2. The molecule has 34 heavy (non-hydrogen) atoms. The predicted molar refractivity (Wildman–Crippen MR) is 136 cm³/mol. The molecule has 2 N–H and O–H groups in total. The fraction of sp³-hybridized carbons (Fsp3) is 0.200. The Hall–Kier alpha value is -3.36. The van der Waals surface area contributed by atoms with Crippen molar-refractivity contribution in [2.45, 2.75) is 19.3 Å². The van der Waals surface area contributed by atoms with E-state index < -0.39 is 10.0 Å². The molecule has 1 amide bonds. The molecule has 0 spiro atoms. The predicted octanol–water partition coefficient (Wildman–Crippen LogP) is 5.46. The minimum atomic E-state index is -3.33. The topological polar surface area (TPSA) is 95.2 Å². The van der Waals surface area contributed by atoms with Crippen molar-refractivity contribution in [2.24, 2.45) is 0 Å². The molecule has 1 aliphatic heterocycles. The van der Waals surface area contributed by atoms with E-state index in [2.05, 4.69) is 15.3 Å². The van der Waals surface area contributed by atoms with Gasteiger partial charge < -0.3 is 10.3 Å². The highest BCUT2D eigenvalue weighted by Gasteiger charge is 2.24. The van der Waals surface area contributed by atoms with Crippen LogP contribution in [0.3, 0.4) is 0 Å². The quantitative estimate of drug-likeness (QED) is 0.394. The second-order valence-electron chi connectivity index (χ2n) is 8.28. The van der Waals surface area contributed by atoms with Gasteiger partial charge in [-0.2, -0.15) is 0 Å². The molecule has 3 heterocycles. The second kappa shape index (κ2) is 9.12. The molecule has 1 fully saturated rings. The van der Waals surface area contributed by atoms with Gasteiger partial charge >= 0.3 is 0 Å². The number of benzene rings is 2. The number of carbonyl (C=O) groups excluding carboxylic acids is 1. The minimum Gasteiger partial charge on any atom is -0.360 e. The number of hydrogen-bond donors (Lipinski definition) is 2. The van der Waals surface area contributed by atoms with E-state index in [0.717, 1.165) is 23.7 Å². The minimum absolute atomic E-state index is 0.153. The van der Waals surface area contributed by atoms with Crippen molar-refractivity contribution >= 4 is 49.8 Å². The van der Waals surface area contributed by atoms with E-state index >= 15 is 0 Å². The highest BCUT2D eigenvalue weighted by Crippen LogP contribution is 2.31. The van der Waals surface area contributed by atoms with Crippen molar-refractivity contribution in [2.75, 3.05) is 21.9 Å². The lowest BCUT2D eigenvalue weighted by Gasteiger charge is -2.22. The fourth-order valence-electron chi connectivity index (χ4n) is 4.14. The molecule has 2 aromatic heterocycles. The van der Waals surface area contributed by atoms with E-state index in [-0.39, 0.29) is 11.7 Å². The maximum absolute atomic E-state index is 12.9. The largest absolute Gasteiger partial charge is 0.360 e. The zero-order valence-corrected chi connectivity index (χ0v) is 19.9. The number of pyridine rings is 1. The Morgan fingerprint density at radius 2 is 1.85 bits per heavy atom. The van der Waals surface area contributed by atoms with Crippen LogP contribution in [0.5, 0.6) is 0 Å². The highest BCUT2D eigenvalue weighted by atomic mass is 35.5. The Balaban J connectivity index is 1.35. The molecule has 9 heteroatoms. The summed E-state index contributed by atoms with van der Waals surface area (Å²) in [6.45, 7) is 0.462. The standard InChI is InChI=1S/C25H23ClN4O3S/c26-22-9-6-19(15-21(22)23-14-18-10-11-27-24(18)16-28-23)29-25(31)17-4-7-20(8-5-17)30-12-2-1-3-13-34(30,32)33/h4-11,14-16,27H,1-3,12-13H2,(H,29,31). The molecule has 4 aromatic rings. The Morgan fingerprint density at radius 1 is 1.03 bits per heavy atom. The van der Waals surface area contributed by atoms with Gasteiger partial charge in [-0.05, 0) is 67.4 Å². The van der Waals surface area contributed by atoms with Crippen LogP contribution in [0, 0.1) is 0 Å². The molecular weight excluding hydrogens is 472 g/mol. The Bertz CT molecular complexity index is 1470. The van der Waals surface area contributed by atoms with Gasteiger partial charge in [-0.15, -0.1) is 0 Å². The van der Waals surface area contributed by atoms with Crippen molar-refractivity contribution in [3.05, 3.63) is 77.6 Å². The van der Waals surface area contributed by atoms with Crippen LogP contribution >= 0.6 is 11.6 Å². The van der Waals surface area contributed by atoms with Gasteiger partial charge in [-0.1, -0.05) is 18.0 Å². The second-order valence-corrected chi connectivity index (χ2v) is 10.7. The summed E-state index contributed by atoms with van der Waals surface area (Å²) in [4.78, 5) is 20.5. The lowest BCUT2D eigenvalue weighted by molar-refractivity contribution is 0.102. The number of halogens is 1. The Morgan fingerprint density at radius 3 is 2.68 bits per heavy atom. The number of hydrogen-bond acceptors (Lipinski definition) is 4. The summed E-state index contributed by atoms with van der Waals surface area (Å²) in [6, 6.07) is 15.8. The van der Waals surface area contributed by atoms with Gasteiger partial charge in [0.15, 0.2) is 0 Å². The lowest BCUT2D eigenvalue weighted by Crippen LogP contribution is -2.32. The number of aromatic amines is 1. The van der Waals surface area contributed by atoms with Gasteiger partial charge in [-0.3, -0.25) is 14.1 Å². The van der Waals surface area contributed by atoms with Crippen LogP contribution in [0.15, 0.2) is 67.0 Å². The van der Waals surface area contributed by atoms with Crippen molar-refractivity contribution in [3.8, 4) is 11.3 Å². The van der Waals surface area contributed by atoms with Crippen LogP contribution in [0.1, 0.15) is 29.6 Å². The first-order valence-electron chi connectivity index (χ1n) is 11.1. The summed E-state index contributed by atoms with van der Waals surface area (Å²) in [5.74, 6) is -0.146. The van der Waals surface area contributed by atoms with E-state index in [9.17, 15) is 13.2 Å². The van der Waals surface area contributed by atoms with Gasteiger partial charge in [0.1, 0.15) is 0 Å². The van der Waals surface area contributed by atoms with Crippen molar-refractivity contribution in [1.29, 1.82) is 0 Å². The summed E-state index contributed by atoms with van der Waals surface area (Å²) in [6.07, 6.45) is 6.00. The van der Waals surface area contributed by atoms with E-state index in [1.807, 2.05) is 18.3 Å². The number of rotatable bonds is 4. The van der Waals surface area contributed by atoms with Gasteiger partial charge in [0, 0.05) is 34.9 Å². The molecule has 0 bridgehead atoms. The molecule has 5 rings (SSSR count). The van der Waals surface area contributed by atoms with Crippen LogP contribution in [0.4, 0.5) is 11.4 Å². The SMILES string of the molecule is O=C(Nc1ccc(Cl)c(-c2cc3cc[nH]c3cn2)c1)c1ccc(N2CCCCCS2(=O)=O)cc1. The first-order valence-corrected chi connectivity index (χ1v) is 13.0. The third-order valence-corrected chi connectivity index (χ3v) is 8.15. The van der Waals surface area contributed by atoms with Gasteiger partial charge in [0.05, 0.1) is 33.9 Å². The number of anilines is 2. The summed E-state index contributed by atoms with van der Waals surface area (Å²) in [5, 5.41) is 4.44. The maximum atomic E-state index is 12.9. The number of fused-ring (bicyclic) bond motifs is 1. The van der Waals surface area contributed by atoms with Crippen molar-refractivity contribution < 1.29 is 13.2 Å². The summed E-state index contributed by atoms with van der Waals surface area (Å²) < 4.78 is 26.5. The number of carbonyl (C=O) groups is 1. The molecule has 0 radical (unpaired) electrons. The molecule has 7 nitrogen and oxygen atoms in total. The summed E-state index contributed by atoms with van der Waals surface area (Å²) in [7, 11) is -3.33. The molecular formula is C25H23ClN4O3S. The van der Waals surface area contributed by atoms with Crippen molar-refractivity contribution in [3.63, 3.8) is 0 Å². The first kappa shape index (κ1) is 22.4. The molecule has 0 unspecified atom stereocenters. The number of H-pyrrole nitrogens is 1. The smallest absolute Gasteiger partial charge is 0.255 e. The van der Waals surface area contributed by atoms with Gasteiger partial charge in [0.2, 0.25) is 10.0 Å². The Labute approximate surface area is 202 Å². The van der Waals surface area contributed by atoms with Crippen LogP contribution in [0.2, 0.25) is 5.02 Å². The van der Waals surface area contributed by atoms with Gasteiger partial charge in [-0.25, -0.2) is 8.42 Å². The monoisotopic (exact) mass is 494 g/mol. The normalized spacial score (nSPS) is 15.7. The molecule has 0 saturated carbocycles. The van der Waals surface area contributed by atoms with Crippen LogP contribution in [-0.4, -0.2) is 36.6 Å². The lowest BCUT2D eigenvalue weighted by atomic mass is 10.1. The Kier molecular flexibility index (Phi) is 6.02. The number of amides is 1. The molecule has 174 valence electrons. The number of nitrogens with zero attached hydrogens (tertiary/aromatic N) is 2. The van der Waals surface area contributed by atoms with E-state index in [1.54, 1.807) is 48.7 Å². The summed E-state index contributed by atoms with van der Waals surface area (Å²) >= 11 is 6.42. The molecule has 1 saturated heterocycles. The average Bonchev–Trinajstić information content (AvgIpc) is 3.22. The third kappa shape index (κ3) is 4.51. The molecule has 0 atom stereocenters. The van der Waals surface area contributed by atoms with E-state index in [4.69, 9.17) is 11.6 Å². The first-order chi connectivity index (χ1) is 16.4. The zero-order valence-electron chi connectivity index (χ0n) is 18.3. The zero-order chi connectivity index (χ0) is 23.7. The summed E-state index contributed by atoms with van der Waals surface area (Å²) in [5.41, 5.74) is 3.94. The number of sulfonamides is 1. The number of aromatic nitrogens is 2. The fourth-order valence-corrected chi connectivity index (χ4v) is 5.99. The van der Waals surface area contributed by atoms with E-state index in [1.165, 1.54) is 4.31 Å². The third-order valence-electron chi connectivity index (χ3n) is 5.95. The average molecular weight is 495 g/mol. The van der Waals surface area contributed by atoms with Gasteiger partial charge in [0.25, 0.3) is 5.91 Å². The molecule has 1 aliphatic rings. The van der Waals surface area contributed by atoms with Crippen LogP contribution in [0.25, 0.3) is 22.2 Å². The van der Waals surface area contributed by atoms with Crippen LogP contribution in [-0.2, 0) is 10.0 Å². The van der Waals surface area contributed by atoms with Crippen LogP contribution < -0.4 is 9.62 Å². The molecule has 2 aromatic carbocycles. The highest BCUT2D eigenvalue weighted by molar-refractivity contribution is 7.92. The molecule has 0 aliphatic carbocycles. The van der Waals surface area contributed by atoms with E-state index in [0.29, 0.717) is 46.2 Å². The van der Waals surface area contributed by atoms with Crippen molar-refractivity contribution in [1.82, 2.24) is 9.97 Å². The maximum Gasteiger partial charge on any atom is 0.255 e.